The summed E-state index contributed by atoms with van der Waals surface area (Å²) in [6.07, 6.45) is 0.224. The summed E-state index contributed by atoms with van der Waals surface area (Å²) in [5, 5.41) is 4.15. The SMILES string of the molecule is C[C@H]1CC(N(C)Cc2ccc(C(F)(F)F)cc2N2CCCC2)CCN1C(=O)n1cc(Cl)c(C(=O)OC(C)(C)C)n1. The van der Waals surface area contributed by atoms with E-state index in [4.69, 9.17) is 16.3 Å². The normalized spacial score (nSPS) is 20.4. The van der Waals surface area contributed by atoms with E-state index in [1.807, 2.05) is 18.9 Å². The number of esters is 1. The number of benzene rings is 1. The van der Waals surface area contributed by atoms with Gasteiger partial charge in [0.15, 0.2) is 5.69 Å². The third kappa shape index (κ3) is 6.91. The number of anilines is 1. The predicted octanol–water partition coefficient (Wildman–Crippen LogP) is 6.06. The fraction of sp³-hybridized carbons (Fsp3) is 0.607. The average molecular weight is 584 g/mol. The van der Waals surface area contributed by atoms with Crippen molar-refractivity contribution in [2.45, 2.75) is 83.8 Å². The molecule has 2 aromatic rings. The van der Waals surface area contributed by atoms with Crippen LogP contribution in [-0.4, -0.2) is 75.9 Å². The minimum Gasteiger partial charge on any atom is -0.455 e. The lowest BCUT2D eigenvalue weighted by molar-refractivity contribution is -0.137. The van der Waals surface area contributed by atoms with Crippen molar-refractivity contribution in [2.24, 2.45) is 0 Å². The molecule has 1 unspecified atom stereocenters. The van der Waals surface area contributed by atoms with E-state index in [-0.39, 0.29) is 28.8 Å². The zero-order valence-electron chi connectivity index (χ0n) is 23.6. The fourth-order valence-electron chi connectivity index (χ4n) is 5.40. The standard InChI is InChI=1S/C28H37ClF3N5O3/c1-18-14-21(10-13-36(18)26(39)37-17-22(29)24(33-37)25(38)40-27(2,3)4)34(5)16-19-8-9-20(28(30,31)32)15-23(19)35-11-6-7-12-35/h8-9,15,17-18,21H,6-7,10-14,16H2,1-5H3/t18-,21?/m0/s1. The lowest BCUT2D eigenvalue weighted by Gasteiger charge is -2.41. The Bertz CT molecular complexity index is 1240. The summed E-state index contributed by atoms with van der Waals surface area (Å²) < 4.78 is 46.7. The molecule has 0 saturated carbocycles. The van der Waals surface area contributed by atoms with E-state index in [0.717, 1.165) is 42.2 Å². The van der Waals surface area contributed by atoms with Gasteiger partial charge in [0.2, 0.25) is 0 Å². The Morgan fingerprint density at radius 1 is 1.15 bits per heavy atom. The smallest absolute Gasteiger partial charge is 0.416 e. The molecule has 3 heterocycles. The highest BCUT2D eigenvalue weighted by atomic mass is 35.5. The number of halogens is 4. The van der Waals surface area contributed by atoms with Crippen molar-refractivity contribution in [1.29, 1.82) is 0 Å². The number of ether oxygens (including phenoxy) is 1. The predicted molar refractivity (Wildman–Crippen MR) is 147 cm³/mol. The Morgan fingerprint density at radius 3 is 2.42 bits per heavy atom. The molecule has 1 aromatic heterocycles. The van der Waals surface area contributed by atoms with Crippen molar-refractivity contribution in [3.63, 3.8) is 0 Å². The zero-order chi connectivity index (χ0) is 29.4. The van der Waals surface area contributed by atoms with E-state index in [9.17, 15) is 22.8 Å². The number of amides is 1. The maximum Gasteiger partial charge on any atom is 0.416 e. The number of carbonyl (C=O) groups excluding carboxylic acids is 2. The summed E-state index contributed by atoms with van der Waals surface area (Å²) in [7, 11) is 1.97. The largest absolute Gasteiger partial charge is 0.455 e. The minimum atomic E-state index is -4.39. The van der Waals surface area contributed by atoms with Gasteiger partial charge < -0.3 is 14.5 Å². The molecule has 2 fully saturated rings. The molecular weight excluding hydrogens is 547 g/mol. The maximum atomic E-state index is 13.4. The summed E-state index contributed by atoms with van der Waals surface area (Å²) in [5.74, 6) is -0.700. The van der Waals surface area contributed by atoms with Crippen LogP contribution in [0.3, 0.4) is 0 Å². The Kier molecular flexibility index (Phi) is 8.75. The molecule has 0 spiro atoms. The first-order valence-electron chi connectivity index (χ1n) is 13.6. The van der Waals surface area contributed by atoms with Gasteiger partial charge in [-0.15, -0.1) is 0 Å². The number of hydrogen-bond donors (Lipinski definition) is 0. The van der Waals surface area contributed by atoms with Crippen molar-refractivity contribution < 1.29 is 27.5 Å². The number of carbonyl (C=O) groups is 2. The van der Waals surface area contributed by atoms with Crippen molar-refractivity contribution in [2.75, 3.05) is 31.6 Å². The van der Waals surface area contributed by atoms with Crippen LogP contribution in [0.1, 0.15) is 75.0 Å². The van der Waals surface area contributed by atoms with Crippen LogP contribution in [0.2, 0.25) is 5.02 Å². The number of nitrogens with zero attached hydrogens (tertiary/aromatic N) is 5. The molecule has 220 valence electrons. The number of hydrogen-bond acceptors (Lipinski definition) is 6. The Balaban J connectivity index is 1.43. The van der Waals surface area contributed by atoms with Crippen LogP contribution in [0.15, 0.2) is 24.4 Å². The van der Waals surface area contributed by atoms with E-state index in [1.54, 1.807) is 31.7 Å². The zero-order valence-corrected chi connectivity index (χ0v) is 24.3. The highest BCUT2D eigenvalue weighted by Crippen LogP contribution is 2.35. The summed E-state index contributed by atoms with van der Waals surface area (Å²) in [4.78, 5) is 31.6. The van der Waals surface area contributed by atoms with Gasteiger partial charge in [0.25, 0.3) is 0 Å². The first-order chi connectivity index (χ1) is 18.6. The lowest BCUT2D eigenvalue weighted by Crippen LogP contribution is -2.51. The van der Waals surface area contributed by atoms with Crippen LogP contribution in [0.25, 0.3) is 0 Å². The molecule has 0 N–H and O–H groups in total. The molecular formula is C28H37ClF3N5O3. The molecule has 8 nitrogen and oxygen atoms in total. The van der Waals surface area contributed by atoms with Crippen LogP contribution in [0.5, 0.6) is 0 Å². The number of alkyl halides is 3. The van der Waals surface area contributed by atoms with Gasteiger partial charge in [0, 0.05) is 44.0 Å². The molecule has 4 rings (SSSR count). The van der Waals surface area contributed by atoms with Gasteiger partial charge in [-0.05, 0) is 78.1 Å². The Labute approximate surface area is 238 Å². The Morgan fingerprint density at radius 2 is 1.82 bits per heavy atom. The second kappa shape index (κ2) is 11.6. The third-order valence-electron chi connectivity index (χ3n) is 7.45. The second-order valence-electron chi connectivity index (χ2n) is 11.7. The molecule has 40 heavy (non-hydrogen) atoms. The first-order valence-corrected chi connectivity index (χ1v) is 14.0. The summed E-state index contributed by atoms with van der Waals surface area (Å²) in [5.41, 5.74) is 0.0413. The summed E-state index contributed by atoms with van der Waals surface area (Å²) in [6.45, 7) is 9.61. The first kappa shape index (κ1) is 30.2. The van der Waals surface area contributed by atoms with Crippen molar-refractivity contribution in [3.05, 3.63) is 46.2 Å². The average Bonchev–Trinajstić information content (AvgIpc) is 3.52. The highest BCUT2D eigenvalue weighted by Gasteiger charge is 2.35. The molecule has 0 radical (unpaired) electrons. The van der Waals surface area contributed by atoms with Gasteiger partial charge in [-0.25, -0.2) is 9.59 Å². The van der Waals surface area contributed by atoms with Crippen LogP contribution in [0.4, 0.5) is 23.7 Å². The van der Waals surface area contributed by atoms with Gasteiger partial charge in [0.05, 0.1) is 16.8 Å². The third-order valence-corrected chi connectivity index (χ3v) is 7.73. The van der Waals surface area contributed by atoms with Crippen molar-refractivity contribution in [3.8, 4) is 0 Å². The molecule has 2 atom stereocenters. The molecule has 1 amide bonds. The second-order valence-corrected chi connectivity index (χ2v) is 12.1. The van der Waals surface area contributed by atoms with E-state index in [0.29, 0.717) is 31.6 Å². The van der Waals surface area contributed by atoms with E-state index in [2.05, 4.69) is 10.00 Å². The summed E-state index contributed by atoms with van der Waals surface area (Å²) in [6, 6.07) is 3.65. The fourth-order valence-corrected chi connectivity index (χ4v) is 5.61. The van der Waals surface area contributed by atoms with Crippen molar-refractivity contribution >= 4 is 29.3 Å². The highest BCUT2D eigenvalue weighted by molar-refractivity contribution is 6.33. The van der Waals surface area contributed by atoms with Gasteiger partial charge in [-0.2, -0.15) is 23.0 Å². The number of likely N-dealkylation sites (tertiary alicyclic amines) is 1. The topological polar surface area (TPSA) is 70.9 Å². The quantitative estimate of drug-likeness (QED) is 0.398. The van der Waals surface area contributed by atoms with E-state index < -0.39 is 23.3 Å². The monoisotopic (exact) mass is 583 g/mol. The number of piperidine rings is 1. The minimum absolute atomic E-state index is 0.0372. The molecule has 0 bridgehead atoms. The maximum absolute atomic E-state index is 13.4. The van der Waals surface area contributed by atoms with Crippen LogP contribution in [-0.2, 0) is 17.5 Å². The molecule has 0 aliphatic carbocycles. The Hall–Kier alpha value is -2.79. The van der Waals surface area contributed by atoms with Gasteiger partial charge in [0.1, 0.15) is 5.60 Å². The lowest BCUT2D eigenvalue weighted by atomic mass is 9.96. The molecule has 2 saturated heterocycles. The molecule has 1 aromatic carbocycles. The van der Waals surface area contributed by atoms with Crippen LogP contribution >= 0.6 is 11.6 Å². The molecule has 2 aliphatic heterocycles. The summed E-state index contributed by atoms with van der Waals surface area (Å²) >= 11 is 6.20. The molecule has 12 heteroatoms. The number of rotatable bonds is 5. The van der Waals surface area contributed by atoms with Crippen LogP contribution < -0.4 is 4.90 Å². The van der Waals surface area contributed by atoms with Gasteiger partial charge >= 0.3 is 18.2 Å². The van der Waals surface area contributed by atoms with Crippen molar-refractivity contribution in [1.82, 2.24) is 19.6 Å². The van der Waals surface area contributed by atoms with E-state index >= 15 is 0 Å². The molecule has 2 aliphatic rings. The van der Waals surface area contributed by atoms with Crippen LogP contribution in [0, 0.1) is 0 Å². The number of aromatic nitrogens is 2. The van der Waals surface area contributed by atoms with Gasteiger partial charge in [-0.3, -0.25) is 4.90 Å². The van der Waals surface area contributed by atoms with Gasteiger partial charge in [-0.1, -0.05) is 17.7 Å². The van der Waals surface area contributed by atoms with E-state index in [1.165, 1.54) is 12.3 Å².